The first-order chi connectivity index (χ1) is 7.16. The fourth-order valence-corrected chi connectivity index (χ4v) is 3.36. The molecule has 0 radical (unpaired) electrons. The van der Waals surface area contributed by atoms with Gasteiger partial charge in [-0.1, -0.05) is 15.9 Å². The molecule has 82 valence electrons. The second-order valence-electron chi connectivity index (χ2n) is 3.70. The van der Waals surface area contributed by atoms with E-state index in [4.69, 9.17) is 0 Å². The highest BCUT2D eigenvalue weighted by Gasteiger charge is 2.29. The van der Waals surface area contributed by atoms with Crippen molar-refractivity contribution >= 4 is 55.8 Å². The third-order valence-corrected chi connectivity index (χ3v) is 5.28. The van der Waals surface area contributed by atoms with Gasteiger partial charge >= 0.3 is 0 Å². The first kappa shape index (κ1) is 11.9. The van der Waals surface area contributed by atoms with Crippen LogP contribution in [0.1, 0.15) is 23.2 Å². The molecule has 0 spiro atoms. The molecule has 1 aliphatic carbocycles. The Balaban J connectivity index is 1.81. The zero-order valence-corrected chi connectivity index (χ0v) is 12.6. The van der Waals surface area contributed by atoms with E-state index in [1.54, 1.807) is 11.3 Å². The monoisotopic (exact) mass is 399 g/mol. The van der Waals surface area contributed by atoms with Gasteiger partial charge in [-0.25, -0.2) is 0 Å². The summed E-state index contributed by atoms with van der Waals surface area (Å²) in [6, 6.07) is 1.92. The molecule has 1 heterocycles. The number of alkyl halides is 1. The Hall–Kier alpha value is 0.380. The van der Waals surface area contributed by atoms with E-state index in [1.165, 1.54) is 12.8 Å². The maximum absolute atomic E-state index is 11.7. The Bertz CT molecular complexity index is 364. The zero-order chi connectivity index (χ0) is 10.8. The average molecular weight is 400 g/mol. The molecule has 2 rings (SSSR count). The molecule has 1 amide bonds. The lowest BCUT2D eigenvalue weighted by Gasteiger charge is -2.08. The second kappa shape index (κ2) is 5.14. The summed E-state index contributed by atoms with van der Waals surface area (Å²) in [5.41, 5.74) is 0.778. The maximum Gasteiger partial charge on any atom is 0.252 e. The Kier molecular flexibility index (Phi) is 4.06. The highest BCUT2D eigenvalue weighted by molar-refractivity contribution is 14.1. The van der Waals surface area contributed by atoms with Crippen LogP contribution in [0.25, 0.3) is 0 Å². The van der Waals surface area contributed by atoms with Crippen LogP contribution in [0.4, 0.5) is 0 Å². The van der Waals surface area contributed by atoms with Crippen LogP contribution in [0.5, 0.6) is 0 Å². The molecule has 5 heteroatoms. The molecule has 1 aliphatic rings. The molecule has 1 fully saturated rings. The smallest absolute Gasteiger partial charge is 0.252 e. The first-order valence-electron chi connectivity index (χ1n) is 4.83. The largest absolute Gasteiger partial charge is 0.351 e. The SMILES string of the molecule is O=C(NCC(Br)C1CC1)c1csc(I)c1. The second-order valence-corrected chi connectivity index (χ2v) is 7.68. The lowest BCUT2D eigenvalue weighted by molar-refractivity contribution is 0.0954. The molecule has 1 saturated carbocycles. The molecular weight excluding hydrogens is 389 g/mol. The quantitative estimate of drug-likeness (QED) is 0.611. The number of carbonyl (C=O) groups is 1. The molecule has 0 saturated heterocycles. The average Bonchev–Trinajstić information content (AvgIpc) is 2.97. The van der Waals surface area contributed by atoms with Gasteiger partial charge in [0.1, 0.15) is 0 Å². The third-order valence-electron chi connectivity index (χ3n) is 2.42. The van der Waals surface area contributed by atoms with Crippen molar-refractivity contribution in [2.24, 2.45) is 5.92 Å². The van der Waals surface area contributed by atoms with E-state index < -0.39 is 0 Å². The molecule has 0 bridgehead atoms. The molecule has 2 nitrogen and oxygen atoms in total. The normalized spacial score (nSPS) is 17.5. The van der Waals surface area contributed by atoms with Crippen molar-refractivity contribution in [3.63, 3.8) is 0 Å². The van der Waals surface area contributed by atoms with Crippen LogP contribution in [-0.4, -0.2) is 17.3 Å². The minimum atomic E-state index is 0.0410. The molecule has 1 N–H and O–H groups in total. The van der Waals surface area contributed by atoms with E-state index in [0.717, 1.165) is 20.9 Å². The van der Waals surface area contributed by atoms with Crippen molar-refractivity contribution in [3.8, 4) is 0 Å². The van der Waals surface area contributed by atoms with Gasteiger partial charge in [0.25, 0.3) is 5.91 Å². The molecule has 1 unspecified atom stereocenters. The first-order valence-corrected chi connectivity index (χ1v) is 7.70. The Morgan fingerprint density at radius 1 is 1.73 bits per heavy atom. The van der Waals surface area contributed by atoms with Gasteiger partial charge in [0.15, 0.2) is 0 Å². The lowest BCUT2D eigenvalue weighted by Crippen LogP contribution is -2.30. The summed E-state index contributed by atoms with van der Waals surface area (Å²) in [7, 11) is 0. The fourth-order valence-electron chi connectivity index (χ4n) is 1.35. The van der Waals surface area contributed by atoms with Crippen LogP contribution < -0.4 is 5.32 Å². The summed E-state index contributed by atoms with van der Waals surface area (Å²) in [5.74, 6) is 0.812. The lowest BCUT2D eigenvalue weighted by atomic mass is 10.2. The van der Waals surface area contributed by atoms with E-state index in [-0.39, 0.29) is 5.91 Å². The van der Waals surface area contributed by atoms with Crippen LogP contribution in [0.2, 0.25) is 0 Å². The highest BCUT2D eigenvalue weighted by atomic mass is 127. The van der Waals surface area contributed by atoms with Gasteiger partial charge in [-0.15, -0.1) is 11.3 Å². The van der Waals surface area contributed by atoms with Crippen molar-refractivity contribution in [2.45, 2.75) is 17.7 Å². The fraction of sp³-hybridized carbons (Fsp3) is 0.500. The van der Waals surface area contributed by atoms with Gasteiger partial charge in [0.2, 0.25) is 0 Å². The van der Waals surface area contributed by atoms with Crippen LogP contribution >= 0.6 is 49.9 Å². The summed E-state index contributed by atoms with van der Waals surface area (Å²) in [5, 5.41) is 4.85. The van der Waals surface area contributed by atoms with Gasteiger partial charge in [-0.05, 0) is 47.4 Å². The van der Waals surface area contributed by atoms with E-state index >= 15 is 0 Å². The number of thiophene rings is 1. The molecule has 1 atom stereocenters. The minimum Gasteiger partial charge on any atom is -0.351 e. The van der Waals surface area contributed by atoms with E-state index in [1.807, 2.05) is 11.4 Å². The number of carbonyl (C=O) groups excluding carboxylic acids is 1. The van der Waals surface area contributed by atoms with Gasteiger partial charge in [-0.2, -0.15) is 0 Å². The van der Waals surface area contributed by atoms with Crippen molar-refractivity contribution in [1.29, 1.82) is 0 Å². The standard InChI is InChI=1S/C10H11BrINOS/c11-8(6-1-2-6)4-13-10(14)7-3-9(12)15-5-7/h3,5-6,8H,1-2,4H2,(H,13,14). The van der Waals surface area contributed by atoms with Crippen molar-refractivity contribution in [2.75, 3.05) is 6.54 Å². The topological polar surface area (TPSA) is 29.1 Å². The summed E-state index contributed by atoms with van der Waals surface area (Å²) in [4.78, 5) is 12.1. The van der Waals surface area contributed by atoms with Crippen LogP contribution in [0, 0.1) is 8.80 Å². The highest BCUT2D eigenvalue weighted by Crippen LogP contribution is 2.36. The Morgan fingerprint density at radius 2 is 2.47 bits per heavy atom. The zero-order valence-electron chi connectivity index (χ0n) is 8.00. The number of hydrogen-bond acceptors (Lipinski definition) is 2. The van der Waals surface area contributed by atoms with E-state index in [2.05, 4.69) is 43.8 Å². The maximum atomic E-state index is 11.7. The Morgan fingerprint density at radius 3 is 3.00 bits per heavy atom. The number of amides is 1. The van der Waals surface area contributed by atoms with Gasteiger partial charge < -0.3 is 5.32 Å². The number of nitrogens with one attached hydrogen (secondary N) is 1. The predicted molar refractivity (Wildman–Crippen MR) is 74.8 cm³/mol. The van der Waals surface area contributed by atoms with Crippen molar-refractivity contribution in [1.82, 2.24) is 5.32 Å². The number of hydrogen-bond donors (Lipinski definition) is 1. The van der Waals surface area contributed by atoms with Gasteiger partial charge in [0, 0.05) is 16.8 Å². The molecular formula is C10H11BrINOS. The van der Waals surface area contributed by atoms with E-state index in [0.29, 0.717) is 4.83 Å². The predicted octanol–water partition coefficient (Wildman–Crippen LogP) is 3.26. The Labute approximate surface area is 115 Å². The summed E-state index contributed by atoms with van der Waals surface area (Å²) < 4.78 is 1.15. The molecule has 0 aromatic carbocycles. The number of rotatable bonds is 4. The summed E-state index contributed by atoms with van der Waals surface area (Å²) >= 11 is 7.42. The van der Waals surface area contributed by atoms with Crippen molar-refractivity contribution in [3.05, 3.63) is 19.9 Å². The molecule has 1 aromatic heterocycles. The van der Waals surface area contributed by atoms with Gasteiger partial charge in [-0.3, -0.25) is 4.79 Å². The third kappa shape index (κ3) is 3.42. The minimum absolute atomic E-state index is 0.0410. The molecule has 15 heavy (non-hydrogen) atoms. The summed E-state index contributed by atoms with van der Waals surface area (Å²) in [6.07, 6.45) is 2.59. The molecule has 0 aliphatic heterocycles. The van der Waals surface area contributed by atoms with Crippen molar-refractivity contribution < 1.29 is 4.79 Å². The number of halogens is 2. The van der Waals surface area contributed by atoms with Gasteiger partial charge in [0.05, 0.1) is 8.45 Å². The van der Waals surface area contributed by atoms with Crippen LogP contribution in [0.15, 0.2) is 11.4 Å². The van der Waals surface area contributed by atoms with Crippen LogP contribution in [-0.2, 0) is 0 Å². The van der Waals surface area contributed by atoms with Crippen LogP contribution in [0.3, 0.4) is 0 Å². The van der Waals surface area contributed by atoms with E-state index in [9.17, 15) is 4.79 Å². The molecule has 1 aromatic rings. The summed E-state index contributed by atoms with van der Waals surface area (Å²) in [6.45, 7) is 0.732.